The van der Waals surface area contributed by atoms with Crippen LogP contribution >= 0.6 is 15.9 Å². The molecular formula is C13H9BrFN3O3. The molecule has 108 valence electrons. The van der Waals surface area contributed by atoms with Crippen LogP contribution in [0.1, 0.15) is 16.1 Å². The zero-order chi connectivity index (χ0) is 15.6. The molecule has 2 rings (SSSR count). The van der Waals surface area contributed by atoms with Gasteiger partial charge < -0.3 is 5.32 Å². The van der Waals surface area contributed by atoms with Crippen LogP contribution in [0.3, 0.4) is 0 Å². The Labute approximate surface area is 127 Å². The Morgan fingerprint density at radius 1 is 1.38 bits per heavy atom. The highest BCUT2D eigenvalue weighted by Crippen LogP contribution is 2.20. The lowest BCUT2D eigenvalue weighted by atomic mass is 10.2. The highest BCUT2D eigenvalue weighted by atomic mass is 79.9. The molecule has 1 heterocycles. The van der Waals surface area contributed by atoms with Crippen molar-refractivity contribution in [1.29, 1.82) is 0 Å². The molecule has 0 atom stereocenters. The summed E-state index contributed by atoms with van der Waals surface area (Å²) >= 11 is 3.28. The SMILES string of the molecule is Cc1nc(NC(=O)c2ccc([N+](=O)[O-])c(F)c2)ccc1Br. The smallest absolute Gasteiger partial charge is 0.304 e. The van der Waals surface area contributed by atoms with E-state index in [-0.39, 0.29) is 5.56 Å². The standard InChI is InChI=1S/C13H9BrFN3O3/c1-7-9(14)3-5-12(16-7)17-13(19)8-2-4-11(18(20)21)10(15)6-8/h2-6H,1H3,(H,16,17,19). The summed E-state index contributed by atoms with van der Waals surface area (Å²) in [4.78, 5) is 25.7. The number of nitro benzene ring substituents is 1. The predicted octanol–water partition coefficient (Wildman–Crippen LogP) is 3.45. The van der Waals surface area contributed by atoms with E-state index in [1.807, 2.05) is 0 Å². The van der Waals surface area contributed by atoms with E-state index in [1.165, 1.54) is 6.07 Å². The van der Waals surface area contributed by atoms with E-state index in [2.05, 4.69) is 26.2 Å². The van der Waals surface area contributed by atoms with E-state index < -0.39 is 22.3 Å². The summed E-state index contributed by atoms with van der Waals surface area (Å²) in [5, 5.41) is 13.0. The summed E-state index contributed by atoms with van der Waals surface area (Å²) in [6.07, 6.45) is 0. The van der Waals surface area contributed by atoms with Crippen LogP contribution in [0, 0.1) is 22.9 Å². The van der Waals surface area contributed by atoms with E-state index in [4.69, 9.17) is 0 Å². The Kier molecular flexibility index (Phi) is 4.27. The number of nitrogens with one attached hydrogen (secondary N) is 1. The lowest BCUT2D eigenvalue weighted by Crippen LogP contribution is -2.13. The van der Waals surface area contributed by atoms with Crippen LogP contribution in [0.25, 0.3) is 0 Å². The molecule has 1 amide bonds. The maximum atomic E-state index is 13.5. The van der Waals surface area contributed by atoms with E-state index in [0.29, 0.717) is 11.5 Å². The number of hydrogen-bond acceptors (Lipinski definition) is 4. The highest BCUT2D eigenvalue weighted by molar-refractivity contribution is 9.10. The van der Waals surface area contributed by atoms with Crippen molar-refractivity contribution in [2.45, 2.75) is 6.92 Å². The van der Waals surface area contributed by atoms with Gasteiger partial charge in [-0.05, 0) is 47.1 Å². The fraction of sp³-hybridized carbons (Fsp3) is 0.0769. The summed E-state index contributed by atoms with van der Waals surface area (Å²) in [5.41, 5.74) is -0.0210. The topological polar surface area (TPSA) is 85.1 Å². The van der Waals surface area contributed by atoms with Crippen molar-refractivity contribution >= 4 is 33.3 Å². The van der Waals surface area contributed by atoms with Crippen molar-refractivity contribution in [3.05, 3.63) is 62.0 Å². The number of anilines is 1. The molecule has 0 aliphatic carbocycles. The van der Waals surface area contributed by atoms with Crippen molar-refractivity contribution in [3.63, 3.8) is 0 Å². The average molecular weight is 354 g/mol. The molecule has 1 aromatic carbocycles. The number of halogens is 2. The van der Waals surface area contributed by atoms with Crippen LogP contribution in [-0.2, 0) is 0 Å². The van der Waals surface area contributed by atoms with Gasteiger partial charge in [0.2, 0.25) is 5.82 Å². The fourth-order valence-corrected chi connectivity index (χ4v) is 1.82. The van der Waals surface area contributed by atoms with Gasteiger partial charge in [-0.2, -0.15) is 4.39 Å². The molecule has 1 N–H and O–H groups in total. The van der Waals surface area contributed by atoms with Gasteiger partial charge in [0.25, 0.3) is 5.91 Å². The molecule has 0 spiro atoms. The number of carbonyl (C=O) groups excluding carboxylic acids is 1. The number of aromatic nitrogens is 1. The van der Waals surface area contributed by atoms with Crippen molar-refractivity contribution in [2.75, 3.05) is 5.32 Å². The van der Waals surface area contributed by atoms with Gasteiger partial charge in [-0.3, -0.25) is 14.9 Å². The van der Waals surface area contributed by atoms with E-state index >= 15 is 0 Å². The Bertz CT molecular complexity index is 737. The van der Waals surface area contributed by atoms with Gasteiger partial charge in [-0.25, -0.2) is 4.98 Å². The van der Waals surface area contributed by atoms with Gasteiger partial charge in [0, 0.05) is 16.1 Å². The molecule has 0 aliphatic heterocycles. The van der Waals surface area contributed by atoms with Gasteiger partial charge in [-0.15, -0.1) is 0 Å². The molecule has 0 radical (unpaired) electrons. The van der Waals surface area contributed by atoms with Crippen LogP contribution in [-0.4, -0.2) is 15.8 Å². The molecule has 0 saturated heterocycles. The second-order valence-electron chi connectivity index (χ2n) is 4.14. The minimum atomic E-state index is -1.06. The lowest BCUT2D eigenvalue weighted by Gasteiger charge is -2.06. The van der Waals surface area contributed by atoms with Crippen LogP contribution in [0.4, 0.5) is 15.9 Å². The molecule has 2 aromatic rings. The minimum Gasteiger partial charge on any atom is -0.307 e. The molecule has 21 heavy (non-hydrogen) atoms. The first kappa shape index (κ1) is 15.0. The summed E-state index contributed by atoms with van der Waals surface area (Å²) in [6, 6.07) is 6.25. The first-order valence-electron chi connectivity index (χ1n) is 5.77. The quantitative estimate of drug-likeness (QED) is 0.676. The number of hydrogen-bond donors (Lipinski definition) is 1. The lowest BCUT2D eigenvalue weighted by molar-refractivity contribution is -0.387. The number of nitro groups is 1. The summed E-state index contributed by atoms with van der Waals surface area (Å²) in [5.74, 6) is -1.36. The zero-order valence-corrected chi connectivity index (χ0v) is 12.3. The predicted molar refractivity (Wildman–Crippen MR) is 77.7 cm³/mol. The maximum Gasteiger partial charge on any atom is 0.304 e. The average Bonchev–Trinajstić information content (AvgIpc) is 2.42. The molecule has 0 bridgehead atoms. The van der Waals surface area contributed by atoms with Gasteiger partial charge in [0.05, 0.1) is 10.6 Å². The molecule has 6 nitrogen and oxygen atoms in total. The molecule has 0 saturated carbocycles. The van der Waals surface area contributed by atoms with E-state index in [9.17, 15) is 19.3 Å². The van der Waals surface area contributed by atoms with Crippen LogP contribution < -0.4 is 5.32 Å². The van der Waals surface area contributed by atoms with Crippen molar-refractivity contribution in [2.24, 2.45) is 0 Å². The summed E-state index contributed by atoms with van der Waals surface area (Å²) in [7, 11) is 0. The van der Waals surface area contributed by atoms with Crippen LogP contribution in [0.15, 0.2) is 34.8 Å². The number of aryl methyl sites for hydroxylation is 1. The third-order valence-corrected chi connectivity index (χ3v) is 3.51. The largest absolute Gasteiger partial charge is 0.307 e. The second-order valence-corrected chi connectivity index (χ2v) is 5.00. The van der Waals surface area contributed by atoms with Crippen molar-refractivity contribution in [3.8, 4) is 0 Å². The Morgan fingerprint density at radius 2 is 2.10 bits per heavy atom. The number of benzene rings is 1. The fourth-order valence-electron chi connectivity index (χ4n) is 1.60. The monoisotopic (exact) mass is 353 g/mol. The molecule has 8 heteroatoms. The van der Waals surface area contributed by atoms with Crippen LogP contribution in [0.5, 0.6) is 0 Å². The molecule has 0 aliphatic rings. The Balaban J connectivity index is 2.22. The molecule has 1 aromatic heterocycles. The summed E-state index contributed by atoms with van der Waals surface area (Å²) in [6.45, 7) is 1.76. The zero-order valence-electron chi connectivity index (χ0n) is 10.8. The van der Waals surface area contributed by atoms with Gasteiger partial charge in [-0.1, -0.05) is 0 Å². The van der Waals surface area contributed by atoms with Gasteiger partial charge in [0.1, 0.15) is 5.82 Å². The third kappa shape index (κ3) is 3.40. The van der Waals surface area contributed by atoms with Gasteiger partial charge >= 0.3 is 5.69 Å². The molecule has 0 unspecified atom stereocenters. The number of carbonyl (C=O) groups is 1. The van der Waals surface area contributed by atoms with E-state index in [1.54, 1.807) is 19.1 Å². The van der Waals surface area contributed by atoms with Gasteiger partial charge in [0.15, 0.2) is 0 Å². The molecular weight excluding hydrogens is 345 g/mol. The number of pyridine rings is 1. The van der Waals surface area contributed by atoms with Crippen molar-refractivity contribution < 1.29 is 14.1 Å². The number of amides is 1. The van der Waals surface area contributed by atoms with E-state index in [0.717, 1.165) is 16.6 Å². The first-order chi connectivity index (χ1) is 9.88. The Hall–Kier alpha value is -2.35. The van der Waals surface area contributed by atoms with Crippen LogP contribution in [0.2, 0.25) is 0 Å². The molecule has 0 fully saturated rings. The minimum absolute atomic E-state index is 0.0273. The maximum absolute atomic E-state index is 13.5. The first-order valence-corrected chi connectivity index (χ1v) is 6.56. The number of nitrogens with zero attached hydrogens (tertiary/aromatic N) is 2. The van der Waals surface area contributed by atoms with Crippen molar-refractivity contribution in [1.82, 2.24) is 4.98 Å². The number of rotatable bonds is 3. The normalized spacial score (nSPS) is 10.2. The third-order valence-electron chi connectivity index (χ3n) is 2.67. The Morgan fingerprint density at radius 3 is 2.67 bits per heavy atom. The summed E-state index contributed by atoms with van der Waals surface area (Å²) < 4.78 is 14.3. The highest BCUT2D eigenvalue weighted by Gasteiger charge is 2.17. The second kappa shape index (κ2) is 5.96.